The Hall–Kier alpha value is -2.46. The average Bonchev–Trinajstić information content (AvgIpc) is 3.62. The molecule has 0 bridgehead atoms. The molecule has 0 radical (unpaired) electrons. The zero-order valence-electron chi connectivity index (χ0n) is 19.0. The van der Waals surface area contributed by atoms with E-state index >= 15 is 0 Å². The molecule has 3 aliphatic rings. The quantitative estimate of drug-likeness (QED) is 0.464. The van der Waals surface area contributed by atoms with Crippen molar-refractivity contribution in [3.8, 4) is 0 Å². The zero-order valence-corrected chi connectivity index (χ0v) is 20.6. The number of rotatable bonds is 5. The van der Waals surface area contributed by atoms with Gasteiger partial charge in [0.25, 0.3) is 0 Å². The first-order valence-corrected chi connectivity index (χ1v) is 13.3. The Morgan fingerprint density at radius 3 is 2.41 bits per heavy atom. The van der Waals surface area contributed by atoms with Crippen LogP contribution >= 0.6 is 11.6 Å². The Kier molecular flexibility index (Phi) is 6.61. The lowest BCUT2D eigenvalue weighted by Gasteiger charge is -2.29. The molecule has 2 fully saturated rings. The average molecular weight is 502 g/mol. The van der Waals surface area contributed by atoms with Crippen LogP contribution in [-0.4, -0.2) is 80.2 Å². The number of benzene rings is 2. The Balaban J connectivity index is 1.54. The minimum Gasteiger partial charge on any atom is -0.379 e. The topological polar surface area (TPSA) is 77.8 Å². The van der Waals surface area contributed by atoms with E-state index in [1.807, 2.05) is 54.4 Å². The van der Waals surface area contributed by atoms with Gasteiger partial charge in [0.15, 0.2) is 0 Å². The Bertz CT molecular complexity index is 1180. The molecule has 0 aromatic heterocycles. The van der Waals surface area contributed by atoms with Crippen molar-refractivity contribution in [2.24, 2.45) is 9.50 Å². The van der Waals surface area contributed by atoms with E-state index in [2.05, 4.69) is 16.5 Å². The molecule has 1 unspecified atom stereocenters. The van der Waals surface area contributed by atoms with Gasteiger partial charge < -0.3 is 9.64 Å². The highest BCUT2D eigenvalue weighted by molar-refractivity contribution is 7.87. The van der Waals surface area contributed by atoms with Crippen molar-refractivity contribution in [1.29, 1.82) is 0 Å². The summed E-state index contributed by atoms with van der Waals surface area (Å²) in [5.74, 6) is 0.324. The number of nitrogens with zero attached hydrogens (tertiary/aromatic N) is 5. The summed E-state index contributed by atoms with van der Waals surface area (Å²) in [5.41, 5.74) is 2.93. The van der Waals surface area contributed by atoms with E-state index in [4.69, 9.17) is 21.4 Å². The minimum absolute atomic E-state index is 0.0359. The third-order valence-corrected chi connectivity index (χ3v) is 8.05. The lowest BCUT2D eigenvalue weighted by Crippen LogP contribution is -2.44. The second-order valence-electron chi connectivity index (χ2n) is 8.76. The molecule has 0 amide bonds. The molecule has 10 heteroatoms. The second kappa shape index (κ2) is 9.65. The van der Waals surface area contributed by atoms with Crippen LogP contribution in [0.5, 0.6) is 0 Å². The molecular formula is C24H28ClN5O3S. The second-order valence-corrected chi connectivity index (χ2v) is 10.8. The molecule has 1 saturated carbocycles. The van der Waals surface area contributed by atoms with Crippen LogP contribution in [0.3, 0.4) is 0 Å². The molecule has 0 spiro atoms. The number of guanidine groups is 1. The van der Waals surface area contributed by atoms with Crippen LogP contribution < -0.4 is 0 Å². The SMILES string of the molecule is CN(/C(=N/S(=O)(=O)N1CCOCC1)N1CC(c2ccccc2)C(c2ccc(Cl)cc2)=N1)C1CC1. The van der Waals surface area contributed by atoms with Crippen LogP contribution in [-0.2, 0) is 14.9 Å². The van der Waals surface area contributed by atoms with Gasteiger partial charge in [-0.2, -0.15) is 17.8 Å². The molecule has 2 aromatic rings. The molecule has 180 valence electrons. The standard InChI is InChI=1S/C24H28ClN5O3S/c1-28(21-11-12-21)24(27-34(31,32)29-13-15-33-16-14-29)30-17-22(18-5-3-2-4-6-18)23(26-30)19-7-9-20(25)10-8-19/h2-10,21-22H,11-17H2,1H3/b27-24-. The normalized spacial score (nSPS) is 22.1. The monoisotopic (exact) mass is 501 g/mol. The van der Waals surface area contributed by atoms with Crippen molar-refractivity contribution >= 4 is 33.5 Å². The van der Waals surface area contributed by atoms with Crippen LogP contribution in [0.25, 0.3) is 0 Å². The fourth-order valence-corrected chi connectivity index (χ4v) is 5.59. The smallest absolute Gasteiger partial charge is 0.325 e. The largest absolute Gasteiger partial charge is 0.379 e. The van der Waals surface area contributed by atoms with Crippen molar-refractivity contribution in [2.45, 2.75) is 24.8 Å². The van der Waals surface area contributed by atoms with Gasteiger partial charge in [0.2, 0.25) is 5.96 Å². The van der Waals surface area contributed by atoms with E-state index in [1.165, 1.54) is 4.31 Å². The number of hydrazone groups is 1. The summed E-state index contributed by atoms with van der Waals surface area (Å²) in [5, 5.41) is 7.34. The van der Waals surface area contributed by atoms with Gasteiger partial charge >= 0.3 is 10.2 Å². The highest BCUT2D eigenvalue weighted by Crippen LogP contribution is 2.32. The van der Waals surface area contributed by atoms with Crippen LogP contribution in [0.2, 0.25) is 5.02 Å². The van der Waals surface area contributed by atoms with Crippen molar-refractivity contribution in [3.63, 3.8) is 0 Å². The van der Waals surface area contributed by atoms with Gasteiger partial charge in [0.05, 0.1) is 25.5 Å². The molecule has 1 atom stereocenters. The maximum absolute atomic E-state index is 13.2. The van der Waals surface area contributed by atoms with Gasteiger partial charge in [-0.3, -0.25) is 0 Å². The lowest BCUT2D eigenvalue weighted by molar-refractivity contribution is 0.0730. The van der Waals surface area contributed by atoms with Crippen molar-refractivity contribution in [3.05, 3.63) is 70.7 Å². The molecule has 0 N–H and O–H groups in total. The Labute approximate surface area is 205 Å². The third-order valence-electron chi connectivity index (χ3n) is 6.39. The Morgan fingerprint density at radius 2 is 1.76 bits per heavy atom. The molecule has 5 rings (SSSR count). The predicted molar refractivity (Wildman–Crippen MR) is 133 cm³/mol. The van der Waals surface area contributed by atoms with Gasteiger partial charge in [-0.05, 0) is 36.1 Å². The summed E-state index contributed by atoms with van der Waals surface area (Å²) in [6.07, 6.45) is 2.02. The zero-order chi connectivity index (χ0) is 23.7. The van der Waals surface area contributed by atoms with Gasteiger partial charge in [-0.25, -0.2) is 5.01 Å². The molecule has 1 saturated heterocycles. The van der Waals surface area contributed by atoms with Crippen LogP contribution in [0.4, 0.5) is 0 Å². The summed E-state index contributed by atoms with van der Waals surface area (Å²) >= 11 is 6.12. The van der Waals surface area contributed by atoms with Crippen molar-refractivity contribution in [2.75, 3.05) is 39.9 Å². The number of morpholine rings is 1. The predicted octanol–water partition coefficient (Wildman–Crippen LogP) is 3.17. The van der Waals surface area contributed by atoms with Gasteiger partial charge in [-0.15, -0.1) is 4.40 Å². The van der Waals surface area contributed by atoms with Gasteiger partial charge in [0, 0.05) is 37.1 Å². The molecule has 2 heterocycles. The van der Waals surface area contributed by atoms with E-state index in [0.717, 1.165) is 29.7 Å². The number of ether oxygens (including phenoxy) is 1. The fourth-order valence-electron chi connectivity index (χ4n) is 4.31. The maximum Gasteiger partial charge on any atom is 0.325 e. The molecule has 1 aliphatic carbocycles. The first kappa shape index (κ1) is 23.3. The Morgan fingerprint density at radius 1 is 1.09 bits per heavy atom. The molecular weight excluding hydrogens is 474 g/mol. The first-order valence-electron chi connectivity index (χ1n) is 11.5. The van der Waals surface area contributed by atoms with E-state index in [-0.39, 0.29) is 12.0 Å². The van der Waals surface area contributed by atoms with Crippen LogP contribution in [0.1, 0.15) is 29.9 Å². The minimum atomic E-state index is -3.87. The van der Waals surface area contributed by atoms with Gasteiger partial charge in [0.1, 0.15) is 0 Å². The summed E-state index contributed by atoms with van der Waals surface area (Å²) in [4.78, 5) is 1.95. The van der Waals surface area contributed by atoms with E-state index in [1.54, 1.807) is 5.01 Å². The molecule has 34 heavy (non-hydrogen) atoms. The fraction of sp³-hybridized carbons (Fsp3) is 0.417. The van der Waals surface area contributed by atoms with E-state index < -0.39 is 10.2 Å². The summed E-state index contributed by atoms with van der Waals surface area (Å²) in [6, 6.07) is 18.0. The first-order chi connectivity index (χ1) is 16.4. The number of hydrogen-bond acceptors (Lipinski definition) is 4. The molecule has 2 aliphatic heterocycles. The van der Waals surface area contributed by atoms with Crippen molar-refractivity contribution < 1.29 is 13.2 Å². The highest BCUT2D eigenvalue weighted by atomic mass is 35.5. The summed E-state index contributed by atoms with van der Waals surface area (Å²) in [6.45, 7) is 1.86. The van der Waals surface area contributed by atoms with Crippen LogP contribution in [0.15, 0.2) is 64.1 Å². The van der Waals surface area contributed by atoms with Crippen LogP contribution in [0, 0.1) is 0 Å². The lowest BCUT2D eigenvalue weighted by atomic mass is 9.91. The molecule has 2 aromatic carbocycles. The molecule has 8 nitrogen and oxygen atoms in total. The van der Waals surface area contributed by atoms with Crippen molar-refractivity contribution in [1.82, 2.24) is 14.2 Å². The van der Waals surface area contributed by atoms with E-state index in [9.17, 15) is 8.42 Å². The summed E-state index contributed by atoms with van der Waals surface area (Å²) < 4.78 is 37.4. The van der Waals surface area contributed by atoms with E-state index in [0.29, 0.717) is 43.8 Å². The van der Waals surface area contributed by atoms with Gasteiger partial charge in [-0.1, -0.05) is 54.1 Å². The maximum atomic E-state index is 13.2. The highest BCUT2D eigenvalue weighted by Gasteiger charge is 2.38. The number of hydrogen-bond donors (Lipinski definition) is 0. The number of halogens is 1. The third kappa shape index (κ3) is 4.98. The summed E-state index contributed by atoms with van der Waals surface area (Å²) in [7, 11) is -1.97.